The molecule has 0 atom stereocenters. The molecule has 0 fully saturated rings. The van der Waals surface area contributed by atoms with Gasteiger partial charge in [-0.1, -0.05) is 30.3 Å². The summed E-state index contributed by atoms with van der Waals surface area (Å²) in [6.45, 7) is 0. The van der Waals surface area contributed by atoms with Crippen LogP contribution in [0.15, 0.2) is 60.9 Å². The number of rotatable bonds is 5. The van der Waals surface area contributed by atoms with Crippen LogP contribution in [0.4, 0.5) is 18.9 Å². The molecule has 3 aromatic rings. The van der Waals surface area contributed by atoms with Crippen molar-refractivity contribution in [1.82, 2.24) is 9.97 Å². The van der Waals surface area contributed by atoms with Crippen molar-refractivity contribution in [3.63, 3.8) is 0 Å². The molecular weight excluding hydrogens is 359 g/mol. The topological polar surface area (TPSA) is 78.1 Å². The maximum atomic E-state index is 12.3. The quantitative estimate of drug-likeness (QED) is 0.539. The number of hydrogen-bond acceptors (Lipinski definition) is 5. The van der Waals surface area contributed by atoms with E-state index in [1.807, 2.05) is 30.3 Å². The Balaban J connectivity index is 1.71. The molecule has 2 N–H and O–H groups in total. The molecule has 1 aromatic heterocycles. The maximum absolute atomic E-state index is 12.3. The van der Waals surface area contributed by atoms with Gasteiger partial charge in [-0.05, 0) is 18.2 Å². The second-order valence-electron chi connectivity index (χ2n) is 5.66. The van der Waals surface area contributed by atoms with Gasteiger partial charge in [-0.25, -0.2) is 0 Å². The molecule has 0 radical (unpaired) electrons. The standard InChI is InChI=1S/C19H14F3N3O2/c20-19(21,22)27-18-7-6-13(8-15(18)23)17(26)9-14-10-25-16(11-24-14)12-4-2-1-3-5-12/h1-8,10-11H,9,23H2. The predicted molar refractivity (Wildman–Crippen MR) is 93.0 cm³/mol. The van der Waals surface area contributed by atoms with Crippen molar-refractivity contribution in [3.05, 3.63) is 72.2 Å². The van der Waals surface area contributed by atoms with Crippen LogP contribution in [0.3, 0.4) is 0 Å². The van der Waals surface area contributed by atoms with E-state index >= 15 is 0 Å². The molecule has 0 bridgehead atoms. The Bertz CT molecular complexity index is 943. The Morgan fingerprint density at radius 1 is 1.04 bits per heavy atom. The Hall–Kier alpha value is -3.42. The zero-order chi connectivity index (χ0) is 19.4. The minimum Gasteiger partial charge on any atom is -0.404 e. The third kappa shape index (κ3) is 4.81. The number of aromatic nitrogens is 2. The zero-order valence-corrected chi connectivity index (χ0v) is 13.9. The van der Waals surface area contributed by atoms with E-state index in [2.05, 4.69) is 14.7 Å². The number of Topliss-reactive ketones (excluding diaryl/α,β-unsaturated/α-hetero) is 1. The van der Waals surface area contributed by atoms with Gasteiger partial charge >= 0.3 is 6.36 Å². The molecular formula is C19H14F3N3O2. The molecule has 0 saturated heterocycles. The fourth-order valence-electron chi connectivity index (χ4n) is 2.41. The van der Waals surface area contributed by atoms with Crippen molar-refractivity contribution in [2.24, 2.45) is 0 Å². The number of benzene rings is 2. The largest absolute Gasteiger partial charge is 0.573 e. The lowest BCUT2D eigenvalue weighted by atomic mass is 10.1. The van der Waals surface area contributed by atoms with Crippen LogP contribution in [0.5, 0.6) is 5.75 Å². The summed E-state index contributed by atoms with van der Waals surface area (Å²) in [5.41, 5.74) is 7.44. The number of carbonyl (C=O) groups excluding carboxylic acids is 1. The number of hydrogen-bond donors (Lipinski definition) is 1. The molecule has 0 saturated carbocycles. The molecule has 138 valence electrons. The monoisotopic (exact) mass is 373 g/mol. The highest BCUT2D eigenvalue weighted by Crippen LogP contribution is 2.29. The number of nitrogens with zero attached hydrogens (tertiary/aromatic N) is 2. The van der Waals surface area contributed by atoms with Gasteiger partial charge in [-0.3, -0.25) is 14.8 Å². The van der Waals surface area contributed by atoms with Crippen LogP contribution in [0, 0.1) is 0 Å². The van der Waals surface area contributed by atoms with E-state index in [0.29, 0.717) is 11.4 Å². The lowest BCUT2D eigenvalue weighted by Crippen LogP contribution is -2.18. The van der Waals surface area contributed by atoms with E-state index in [1.54, 1.807) is 6.20 Å². The Morgan fingerprint density at radius 2 is 1.78 bits per heavy atom. The summed E-state index contributed by atoms with van der Waals surface area (Å²) in [6, 6.07) is 12.8. The fraction of sp³-hybridized carbons (Fsp3) is 0.105. The Morgan fingerprint density at radius 3 is 2.37 bits per heavy atom. The molecule has 5 nitrogen and oxygen atoms in total. The third-order valence-electron chi connectivity index (χ3n) is 3.67. The number of ketones is 1. The highest BCUT2D eigenvalue weighted by molar-refractivity contribution is 5.98. The first-order valence-electron chi connectivity index (χ1n) is 7.86. The van der Waals surface area contributed by atoms with E-state index < -0.39 is 12.1 Å². The lowest BCUT2D eigenvalue weighted by Gasteiger charge is -2.11. The summed E-state index contributed by atoms with van der Waals surface area (Å²) in [5.74, 6) is -0.895. The summed E-state index contributed by atoms with van der Waals surface area (Å²) in [6.07, 6.45) is -1.85. The number of halogens is 3. The van der Waals surface area contributed by atoms with E-state index in [-0.39, 0.29) is 23.5 Å². The van der Waals surface area contributed by atoms with E-state index in [0.717, 1.165) is 17.7 Å². The SMILES string of the molecule is Nc1cc(C(=O)Cc2cnc(-c3ccccc3)cn2)ccc1OC(F)(F)F. The normalized spacial score (nSPS) is 11.2. The van der Waals surface area contributed by atoms with Crippen LogP contribution in [0.1, 0.15) is 16.1 Å². The first kappa shape index (κ1) is 18.4. The summed E-state index contributed by atoms with van der Waals surface area (Å²) < 4.78 is 40.6. The van der Waals surface area contributed by atoms with E-state index in [9.17, 15) is 18.0 Å². The fourth-order valence-corrected chi connectivity index (χ4v) is 2.41. The molecule has 27 heavy (non-hydrogen) atoms. The van der Waals surface area contributed by atoms with E-state index in [4.69, 9.17) is 5.73 Å². The average molecular weight is 373 g/mol. The minimum atomic E-state index is -4.85. The van der Waals surface area contributed by atoms with Crippen molar-refractivity contribution in [2.45, 2.75) is 12.8 Å². The van der Waals surface area contributed by atoms with Gasteiger partial charge in [-0.15, -0.1) is 13.2 Å². The first-order valence-corrected chi connectivity index (χ1v) is 7.86. The summed E-state index contributed by atoms with van der Waals surface area (Å²) >= 11 is 0. The molecule has 0 aliphatic heterocycles. The van der Waals surface area contributed by atoms with Gasteiger partial charge in [0.15, 0.2) is 11.5 Å². The number of nitrogens with two attached hydrogens (primary N) is 1. The van der Waals surface area contributed by atoms with Crippen LogP contribution in [-0.2, 0) is 6.42 Å². The van der Waals surface area contributed by atoms with Crippen LogP contribution in [-0.4, -0.2) is 22.1 Å². The van der Waals surface area contributed by atoms with Crippen LogP contribution < -0.4 is 10.5 Å². The molecule has 8 heteroatoms. The van der Waals surface area contributed by atoms with Gasteiger partial charge in [0.05, 0.1) is 29.7 Å². The zero-order valence-electron chi connectivity index (χ0n) is 13.9. The minimum absolute atomic E-state index is 0.0546. The second kappa shape index (κ2) is 7.45. The predicted octanol–water partition coefficient (Wildman–Crippen LogP) is 4.05. The number of nitrogen functional groups attached to an aromatic ring is 1. The second-order valence-corrected chi connectivity index (χ2v) is 5.66. The highest BCUT2D eigenvalue weighted by atomic mass is 19.4. The molecule has 1 heterocycles. The van der Waals surface area contributed by atoms with Gasteiger partial charge < -0.3 is 10.5 Å². The van der Waals surface area contributed by atoms with Gasteiger partial charge in [-0.2, -0.15) is 0 Å². The average Bonchev–Trinajstić information content (AvgIpc) is 2.63. The van der Waals surface area contributed by atoms with E-state index in [1.165, 1.54) is 12.3 Å². The molecule has 3 rings (SSSR count). The van der Waals surface area contributed by atoms with Gasteiger partial charge in [0.1, 0.15) is 0 Å². The first-order chi connectivity index (χ1) is 12.8. The van der Waals surface area contributed by atoms with Crippen LogP contribution >= 0.6 is 0 Å². The van der Waals surface area contributed by atoms with Gasteiger partial charge in [0.25, 0.3) is 0 Å². The van der Waals surface area contributed by atoms with Crippen molar-refractivity contribution in [2.75, 3.05) is 5.73 Å². The van der Waals surface area contributed by atoms with Crippen molar-refractivity contribution < 1.29 is 22.7 Å². The van der Waals surface area contributed by atoms with Crippen molar-refractivity contribution >= 4 is 11.5 Å². The molecule has 0 unspecified atom stereocenters. The molecule has 0 amide bonds. The summed E-state index contributed by atoms with van der Waals surface area (Å²) in [7, 11) is 0. The number of ether oxygens (including phenoxy) is 1. The third-order valence-corrected chi connectivity index (χ3v) is 3.67. The van der Waals surface area contributed by atoms with Crippen LogP contribution in [0.2, 0.25) is 0 Å². The number of alkyl halides is 3. The highest BCUT2D eigenvalue weighted by Gasteiger charge is 2.32. The summed E-state index contributed by atoms with van der Waals surface area (Å²) in [4.78, 5) is 20.8. The van der Waals surface area contributed by atoms with Crippen molar-refractivity contribution in [3.8, 4) is 17.0 Å². The Labute approximate surface area is 152 Å². The smallest absolute Gasteiger partial charge is 0.404 e. The molecule has 0 spiro atoms. The molecule has 2 aromatic carbocycles. The maximum Gasteiger partial charge on any atom is 0.573 e. The van der Waals surface area contributed by atoms with Crippen molar-refractivity contribution in [1.29, 1.82) is 0 Å². The number of carbonyl (C=O) groups is 1. The van der Waals surface area contributed by atoms with Gasteiger partial charge in [0.2, 0.25) is 0 Å². The number of anilines is 1. The van der Waals surface area contributed by atoms with Crippen LogP contribution in [0.25, 0.3) is 11.3 Å². The lowest BCUT2D eigenvalue weighted by molar-refractivity contribution is -0.274. The van der Waals surface area contributed by atoms with Gasteiger partial charge in [0, 0.05) is 17.3 Å². The molecule has 0 aliphatic rings. The molecule has 0 aliphatic carbocycles. The Kier molecular flexibility index (Phi) is 5.07. The summed E-state index contributed by atoms with van der Waals surface area (Å²) in [5, 5.41) is 0.